The van der Waals surface area contributed by atoms with Crippen LogP contribution in [-0.2, 0) is 13.1 Å². The third kappa shape index (κ3) is 4.69. The monoisotopic (exact) mass is 435 g/mol. The molecule has 8 nitrogen and oxygen atoms in total. The van der Waals surface area contributed by atoms with Crippen molar-refractivity contribution in [2.45, 2.75) is 38.8 Å². The summed E-state index contributed by atoms with van der Waals surface area (Å²) in [4.78, 5) is 27.3. The molecule has 1 aromatic heterocycles. The van der Waals surface area contributed by atoms with Crippen molar-refractivity contribution in [2.24, 2.45) is 0 Å². The number of rotatable bonds is 6. The van der Waals surface area contributed by atoms with Crippen LogP contribution in [-0.4, -0.2) is 45.5 Å². The maximum Gasteiger partial charge on any atom is 0.346 e. The topological polar surface area (TPSA) is 81.4 Å². The quantitative estimate of drug-likeness (QED) is 0.642. The van der Waals surface area contributed by atoms with Gasteiger partial charge in [0.2, 0.25) is 0 Å². The van der Waals surface area contributed by atoms with Crippen LogP contribution >= 0.6 is 0 Å². The number of carbonyl (C=O) groups excluding carboxylic acids is 1. The average Bonchev–Trinajstić information content (AvgIpc) is 3.15. The molecule has 0 spiro atoms. The summed E-state index contributed by atoms with van der Waals surface area (Å²) in [6.07, 6.45) is 1.55. The lowest BCUT2D eigenvalue weighted by Gasteiger charge is -2.31. The summed E-state index contributed by atoms with van der Waals surface area (Å²) in [6.45, 7) is 4.26. The Kier molecular flexibility index (Phi) is 6.58. The highest BCUT2D eigenvalue weighted by molar-refractivity contribution is 5.89. The molecular weight excluding hydrogens is 406 g/mol. The van der Waals surface area contributed by atoms with Gasteiger partial charge in [-0.1, -0.05) is 30.3 Å². The molecule has 1 fully saturated rings. The molecule has 2 aromatic carbocycles. The van der Waals surface area contributed by atoms with E-state index in [1.807, 2.05) is 66.4 Å². The molecule has 2 heterocycles. The Labute approximate surface area is 187 Å². The van der Waals surface area contributed by atoms with Crippen molar-refractivity contribution in [3.05, 3.63) is 76.5 Å². The fraction of sp³-hybridized carbons (Fsp3) is 0.375. The maximum absolute atomic E-state index is 12.9. The minimum absolute atomic E-state index is 0.0777. The number of amides is 2. The second-order valence-corrected chi connectivity index (χ2v) is 7.95. The Morgan fingerprint density at radius 2 is 1.78 bits per heavy atom. The van der Waals surface area contributed by atoms with Crippen molar-refractivity contribution in [3.8, 4) is 5.75 Å². The molecule has 32 heavy (non-hydrogen) atoms. The average molecular weight is 436 g/mol. The number of nitrogens with one attached hydrogen (secondary N) is 1. The normalized spacial score (nSPS) is 14.4. The number of carbonyl (C=O) groups is 1. The zero-order valence-electron chi connectivity index (χ0n) is 18.5. The minimum atomic E-state index is -0.115. The first-order valence-electron chi connectivity index (χ1n) is 11.0. The van der Waals surface area contributed by atoms with E-state index in [1.54, 1.807) is 16.4 Å². The second-order valence-electron chi connectivity index (χ2n) is 7.95. The van der Waals surface area contributed by atoms with Crippen LogP contribution in [0, 0.1) is 0 Å². The van der Waals surface area contributed by atoms with Gasteiger partial charge in [0.1, 0.15) is 11.6 Å². The minimum Gasteiger partial charge on any atom is -0.497 e. The van der Waals surface area contributed by atoms with E-state index in [0.717, 1.165) is 35.7 Å². The number of urea groups is 1. The number of ether oxygens (including phenoxy) is 1. The largest absolute Gasteiger partial charge is 0.497 e. The standard InChI is InChI=1S/C24H29N5O3/c1-3-28-22(26-29(24(28)31)17-18-7-5-4-6-8-18)19-13-15-27(16-14-19)23(30)25-20-9-11-21(32-2)12-10-20/h4-12,19H,3,13-17H2,1-2H3,(H,25,30). The Balaban J connectivity index is 1.40. The molecule has 1 N–H and O–H groups in total. The second kappa shape index (κ2) is 9.72. The number of anilines is 1. The van der Waals surface area contributed by atoms with Gasteiger partial charge in [0.15, 0.2) is 0 Å². The van der Waals surface area contributed by atoms with Crippen LogP contribution in [0.15, 0.2) is 59.4 Å². The van der Waals surface area contributed by atoms with E-state index in [-0.39, 0.29) is 17.6 Å². The molecule has 1 aliphatic heterocycles. The SMILES string of the molecule is CCn1c(C2CCN(C(=O)Nc3ccc(OC)cc3)CC2)nn(Cc2ccccc2)c1=O. The number of benzene rings is 2. The molecule has 3 aromatic rings. The van der Waals surface area contributed by atoms with Crippen LogP contribution in [0.3, 0.4) is 0 Å². The van der Waals surface area contributed by atoms with E-state index in [9.17, 15) is 9.59 Å². The van der Waals surface area contributed by atoms with E-state index in [2.05, 4.69) is 10.4 Å². The number of likely N-dealkylation sites (tertiary alicyclic amines) is 1. The van der Waals surface area contributed by atoms with Gasteiger partial charge < -0.3 is 15.0 Å². The predicted molar refractivity (Wildman–Crippen MR) is 123 cm³/mol. The summed E-state index contributed by atoms with van der Waals surface area (Å²) in [7, 11) is 1.61. The zero-order chi connectivity index (χ0) is 22.5. The lowest BCUT2D eigenvalue weighted by molar-refractivity contribution is 0.192. The lowest BCUT2D eigenvalue weighted by Crippen LogP contribution is -2.41. The Hall–Kier alpha value is -3.55. The molecule has 0 aliphatic carbocycles. The summed E-state index contributed by atoms with van der Waals surface area (Å²) in [5.41, 5.74) is 1.70. The van der Waals surface area contributed by atoms with E-state index < -0.39 is 0 Å². The summed E-state index contributed by atoms with van der Waals surface area (Å²) >= 11 is 0. The lowest BCUT2D eigenvalue weighted by atomic mass is 9.96. The smallest absolute Gasteiger partial charge is 0.346 e. The predicted octanol–water partition coefficient (Wildman–Crippen LogP) is 3.53. The van der Waals surface area contributed by atoms with Crippen molar-refractivity contribution in [3.63, 3.8) is 0 Å². The fourth-order valence-corrected chi connectivity index (χ4v) is 4.13. The van der Waals surface area contributed by atoms with E-state index in [1.165, 1.54) is 0 Å². The van der Waals surface area contributed by atoms with Gasteiger partial charge in [0.05, 0.1) is 13.7 Å². The molecule has 0 atom stereocenters. The van der Waals surface area contributed by atoms with Crippen LogP contribution in [0.25, 0.3) is 0 Å². The summed E-state index contributed by atoms with van der Waals surface area (Å²) < 4.78 is 8.47. The van der Waals surface area contributed by atoms with Gasteiger partial charge in [-0.05, 0) is 49.6 Å². The Bertz CT molecular complexity index is 1100. The Morgan fingerprint density at radius 3 is 2.41 bits per heavy atom. The number of hydrogen-bond donors (Lipinski definition) is 1. The molecule has 0 bridgehead atoms. The molecular formula is C24H29N5O3. The highest BCUT2D eigenvalue weighted by Gasteiger charge is 2.28. The van der Waals surface area contributed by atoms with Gasteiger partial charge in [0, 0.05) is 31.2 Å². The molecule has 1 saturated heterocycles. The van der Waals surface area contributed by atoms with Gasteiger partial charge in [-0.15, -0.1) is 0 Å². The highest BCUT2D eigenvalue weighted by Crippen LogP contribution is 2.27. The molecule has 0 saturated carbocycles. The van der Waals surface area contributed by atoms with Crippen molar-refractivity contribution in [2.75, 3.05) is 25.5 Å². The van der Waals surface area contributed by atoms with E-state index in [4.69, 9.17) is 4.74 Å². The van der Waals surface area contributed by atoms with Crippen LogP contribution in [0.4, 0.5) is 10.5 Å². The van der Waals surface area contributed by atoms with Gasteiger partial charge in [-0.25, -0.2) is 14.3 Å². The molecule has 1 aliphatic rings. The van der Waals surface area contributed by atoms with Crippen LogP contribution in [0.1, 0.15) is 37.1 Å². The van der Waals surface area contributed by atoms with Gasteiger partial charge in [0.25, 0.3) is 0 Å². The van der Waals surface area contributed by atoms with Gasteiger partial charge >= 0.3 is 11.7 Å². The van der Waals surface area contributed by atoms with Gasteiger partial charge in [-0.3, -0.25) is 4.57 Å². The third-order valence-corrected chi connectivity index (χ3v) is 5.93. The maximum atomic E-state index is 12.9. The van der Waals surface area contributed by atoms with Crippen LogP contribution in [0.5, 0.6) is 5.75 Å². The molecule has 8 heteroatoms. The number of nitrogens with zero attached hydrogens (tertiary/aromatic N) is 4. The first kappa shape index (κ1) is 21.7. The summed E-state index contributed by atoms with van der Waals surface area (Å²) in [5.74, 6) is 1.73. The van der Waals surface area contributed by atoms with Crippen molar-refractivity contribution >= 4 is 11.7 Å². The van der Waals surface area contributed by atoms with Crippen LogP contribution in [0.2, 0.25) is 0 Å². The number of piperidine rings is 1. The number of methoxy groups -OCH3 is 1. The zero-order valence-corrected chi connectivity index (χ0v) is 18.5. The third-order valence-electron chi connectivity index (χ3n) is 5.93. The van der Waals surface area contributed by atoms with Gasteiger partial charge in [-0.2, -0.15) is 5.10 Å². The molecule has 2 amide bonds. The van der Waals surface area contributed by atoms with E-state index in [0.29, 0.717) is 26.2 Å². The fourth-order valence-electron chi connectivity index (χ4n) is 4.13. The molecule has 4 rings (SSSR count). The number of aromatic nitrogens is 3. The highest BCUT2D eigenvalue weighted by atomic mass is 16.5. The first-order chi connectivity index (χ1) is 15.6. The van der Waals surface area contributed by atoms with Crippen molar-refractivity contribution < 1.29 is 9.53 Å². The molecule has 168 valence electrons. The molecule has 0 unspecified atom stereocenters. The van der Waals surface area contributed by atoms with Crippen molar-refractivity contribution in [1.82, 2.24) is 19.2 Å². The molecule has 0 radical (unpaired) electrons. The van der Waals surface area contributed by atoms with E-state index >= 15 is 0 Å². The summed E-state index contributed by atoms with van der Waals surface area (Å²) in [5, 5.41) is 7.63. The summed E-state index contributed by atoms with van der Waals surface area (Å²) in [6, 6.07) is 17.0. The number of hydrogen-bond acceptors (Lipinski definition) is 4. The first-order valence-corrected chi connectivity index (χ1v) is 11.0. The van der Waals surface area contributed by atoms with Crippen LogP contribution < -0.4 is 15.7 Å². The van der Waals surface area contributed by atoms with Crippen molar-refractivity contribution in [1.29, 1.82) is 0 Å². The Morgan fingerprint density at radius 1 is 1.09 bits per heavy atom.